The summed E-state index contributed by atoms with van der Waals surface area (Å²) in [5.41, 5.74) is -1.19. The summed E-state index contributed by atoms with van der Waals surface area (Å²) in [5.74, 6) is -3.41. The number of anilines is 2. The third-order valence-electron chi connectivity index (χ3n) is 7.94. The summed E-state index contributed by atoms with van der Waals surface area (Å²) in [6.07, 6.45) is -4.75. The Balaban J connectivity index is 1.42. The van der Waals surface area contributed by atoms with Crippen LogP contribution in [0.15, 0.2) is 76.6 Å². The minimum absolute atomic E-state index is 0.111. The van der Waals surface area contributed by atoms with Gasteiger partial charge >= 0.3 is 11.0 Å². The molecule has 17 heteroatoms. The zero-order chi connectivity index (χ0) is 34.5. The lowest BCUT2D eigenvalue weighted by Gasteiger charge is -2.31. The molecule has 0 aliphatic carbocycles. The second-order valence-electron chi connectivity index (χ2n) is 10.7. The molecule has 12 nitrogen and oxygen atoms in total. The Morgan fingerprint density at radius 3 is 2.31 bits per heavy atom. The number of para-hydroxylation sites is 1. The smallest absolute Gasteiger partial charge is 0.418 e. The van der Waals surface area contributed by atoms with Crippen molar-refractivity contribution in [2.24, 2.45) is 5.92 Å². The fourth-order valence-electron chi connectivity index (χ4n) is 5.81. The average molecular weight is 701 g/mol. The molecule has 48 heavy (non-hydrogen) atoms. The van der Waals surface area contributed by atoms with E-state index in [-0.39, 0.29) is 16.4 Å². The second-order valence-corrected chi connectivity index (χ2v) is 12.8. The molecule has 1 aromatic heterocycles. The third kappa shape index (κ3) is 5.68. The number of alkyl halides is 3. The second kappa shape index (κ2) is 12.5. The van der Waals surface area contributed by atoms with E-state index in [1.807, 2.05) is 0 Å². The average Bonchev–Trinajstić information content (AvgIpc) is 3.50. The first-order chi connectivity index (χ1) is 22.8. The van der Waals surface area contributed by atoms with Crippen LogP contribution in [0.1, 0.15) is 21.9 Å². The van der Waals surface area contributed by atoms with E-state index in [1.165, 1.54) is 50.6 Å². The summed E-state index contributed by atoms with van der Waals surface area (Å²) in [6, 6.07) is 14.2. The molecule has 2 aliphatic heterocycles. The Labute approximate surface area is 277 Å². The van der Waals surface area contributed by atoms with Crippen LogP contribution in [0.4, 0.5) is 30.2 Å². The van der Waals surface area contributed by atoms with E-state index in [9.17, 15) is 42.5 Å². The molecule has 1 saturated heterocycles. The maximum Gasteiger partial charge on any atom is 0.418 e. The highest BCUT2D eigenvalue weighted by Gasteiger charge is 2.57. The van der Waals surface area contributed by atoms with Crippen molar-refractivity contribution < 1.29 is 42.0 Å². The number of carbonyl (C=O) groups is 3. The van der Waals surface area contributed by atoms with Gasteiger partial charge in [0.1, 0.15) is 11.8 Å². The minimum Gasteiger partial charge on any atom is -0.493 e. The van der Waals surface area contributed by atoms with E-state index in [0.717, 1.165) is 44.7 Å². The van der Waals surface area contributed by atoms with Crippen molar-refractivity contribution in [1.29, 1.82) is 0 Å². The largest absolute Gasteiger partial charge is 0.493 e. The number of nitrogens with one attached hydrogen (secondary N) is 1. The van der Waals surface area contributed by atoms with Gasteiger partial charge in [-0.3, -0.25) is 33.9 Å². The number of rotatable bonds is 8. The monoisotopic (exact) mass is 700 g/mol. The van der Waals surface area contributed by atoms with Crippen molar-refractivity contribution >= 4 is 57.9 Å². The van der Waals surface area contributed by atoms with Gasteiger partial charge in [-0.2, -0.15) is 13.2 Å². The van der Waals surface area contributed by atoms with Gasteiger partial charge in [0.2, 0.25) is 17.7 Å². The lowest BCUT2D eigenvalue weighted by Crippen LogP contribution is -2.33. The Bertz CT molecular complexity index is 2030. The minimum atomic E-state index is -4.75. The van der Waals surface area contributed by atoms with Gasteiger partial charge in [0.15, 0.2) is 11.5 Å². The number of nitrogens with zero attached hydrogens (tertiary/aromatic N) is 3. The highest BCUT2D eigenvalue weighted by molar-refractivity contribution is 8.00. The number of benzene rings is 3. The number of aromatic nitrogens is 1. The maximum absolute atomic E-state index is 14.1. The summed E-state index contributed by atoms with van der Waals surface area (Å²) in [5, 5.41) is 12.5. The number of methoxy groups -OCH3 is 2. The van der Waals surface area contributed by atoms with E-state index in [4.69, 9.17) is 9.47 Å². The molecule has 3 amide bonds. The number of thioether (sulfide) groups is 1. The van der Waals surface area contributed by atoms with Crippen LogP contribution in [0.5, 0.6) is 11.5 Å². The lowest BCUT2D eigenvalue weighted by molar-refractivity contribution is -0.384. The van der Waals surface area contributed by atoms with Crippen molar-refractivity contribution in [1.82, 2.24) is 4.57 Å². The number of nitro benzene ring substituents is 1. The van der Waals surface area contributed by atoms with Gasteiger partial charge in [0, 0.05) is 22.9 Å². The van der Waals surface area contributed by atoms with Crippen molar-refractivity contribution in [2.45, 2.75) is 28.9 Å². The van der Waals surface area contributed by atoms with E-state index in [0.29, 0.717) is 21.9 Å². The fourth-order valence-corrected chi connectivity index (χ4v) is 8.58. The van der Waals surface area contributed by atoms with Gasteiger partial charge in [-0.25, -0.2) is 4.90 Å². The number of hydrogen-bond donors (Lipinski definition) is 1. The number of fused-ring (bicyclic) bond motifs is 2. The highest BCUT2D eigenvalue weighted by Crippen LogP contribution is 2.54. The van der Waals surface area contributed by atoms with Crippen LogP contribution >= 0.6 is 23.1 Å². The zero-order valence-corrected chi connectivity index (χ0v) is 26.5. The maximum atomic E-state index is 14.1. The molecule has 2 unspecified atom stereocenters. The summed E-state index contributed by atoms with van der Waals surface area (Å²) < 4.78 is 52.6. The van der Waals surface area contributed by atoms with Crippen molar-refractivity contribution in [3.8, 4) is 11.5 Å². The van der Waals surface area contributed by atoms with Crippen LogP contribution in [0.2, 0.25) is 0 Å². The van der Waals surface area contributed by atoms with Crippen LogP contribution in [0.3, 0.4) is 0 Å². The quantitative estimate of drug-likeness (QED) is 0.147. The number of hydrogen-bond acceptors (Lipinski definition) is 10. The summed E-state index contributed by atoms with van der Waals surface area (Å²) in [6.45, 7) is -0.673. The van der Waals surface area contributed by atoms with Crippen LogP contribution in [0, 0.1) is 16.0 Å². The first kappa shape index (κ1) is 32.8. The molecule has 4 aromatic rings. The van der Waals surface area contributed by atoms with Gasteiger partial charge in [-0.1, -0.05) is 41.3 Å². The van der Waals surface area contributed by atoms with Crippen LogP contribution < -0.4 is 24.6 Å². The number of imide groups is 1. The number of nitro groups is 1. The predicted molar refractivity (Wildman–Crippen MR) is 169 cm³/mol. The van der Waals surface area contributed by atoms with Gasteiger partial charge in [0.25, 0.3) is 5.69 Å². The molecule has 0 spiro atoms. The molecule has 1 N–H and O–H groups in total. The number of halogens is 3. The number of non-ortho nitro benzene ring substituents is 1. The SMILES string of the molecule is COc1ccc([C@H]2c3sc(=O)n(CC(=O)Nc4ccccc4C(F)(F)F)c3SC3C(=O)N(c4ccc([N+](=O)[O-])cc4)C(=O)C32)cc1OC. The number of thiazole rings is 1. The van der Waals surface area contributed by atoms with E-state index < -0.39 is 68.6 Å². The predicted octanol–water partition coefficient (Wildman–Crippen LogP) is 5.29. The molecular weight excluding hydrogens is 677 g/mol. The van der Waals surface area contributed by atoms with Crippen LogP contribution in [0.25, 0.3) is 0 Å². The fraction of sp³-hybridized carbons (Fsp3) is 0.226. The Morgan fingerprint density at radius 1 is 0.979 bits per heavy atom. The topological polar surface area (TPSA) is 150 Å². The Morgan fingerprint density at radius 2 is 1.67 bits per heavy atom. The van der Waals surface area contributed by atoms with E-state index in [1.54, 1.807) is 18.2 Å². The molecule has 0 bridgehead atoms. The molecule has 3 aromatic carbocycles. The summed E-state index contributed by atoms with van der Waals surface area (Å²) in [7, 11) is 2.85. The molecule has 3 heterocycles. The molecular formula is C31H23F3N4O8S2. The molecule has 6 rings (SSSR count). The van der Waals surface area contributed by atoms with E-state index >= 15 is 0 Å². The van der Waals surface area contributed by atoms with Crippen molar-refractivity contribution in [3.63, 3.8) is 0 Å². The lowest BCUT2D eigenvalue weighted by atomic mass is 9.83. The number of amides is 3. The third-order valence-corrected chi connectivity index (χ3v) is 10.5. The molecule has 2 aliphatic rings. The highest BCUT2D eigenvalue weighted by atomic mass is 32.2. The summed E-state index contributed by atoms with van der Waals surface area (Å²) in [4.78, 5) is 65.8. The van der Waals surface area contributed by atoms with Crippen molar-refractivity contribution in [2.75, 3.05) is 24.4 Å². The van der Waals surface area contributed by atoms with Crippen LogP contribution in [-0.4, -0.2) is 46.7 Å². The number of ether oxygens (including phenoxy) is 2. The molecule has 0 radical (unpaired) electrons. The first-order valence-corrected chi connectivity index (χ1v) is 15.7. The van der Waals surface area contributed by atoms with Gasteiger partial charge in [-0.05, 0) is 42.0 Å². The van der Waals surface area contributed by atoms with Crippen molar-refractivity contribution in [3.05, 3.63) is 103 Å². The van der Waals surface area contributed by atoms with Gasteiger partial charge in [-0.15, -0.1) is 0 Å². The number of carbonyl (C=O) groups excluding carboxylic acids is 3. The Hall–Kier alpha value is -5.16. The van der Waals surface area contributed by atoms with Crippen LogP contribution in [-0.2, 0) is 27.1 Å². The zero-order valence-electron chi connectivity index (χ0n) is 24.8. The Kier molecular flexibility index (Phi) is 8.51. The normalized spacial score (nSPS) is 18.7. The first-order valence-electron chi connectivity index (χ1n) is 14.0. The standard InChI is InChI=1S/C31H23F3N4O8S2/c1-45-20-12-7-15(13-21(20)46-2)23-24-25(28(41)37(27(24)40)16-8-10-17(11-9-16)38(43)44)47-29-26(23)48-30(42)36(29)14-22(39)35-19-6-4-3-5-18(19)31(32,33)34/h3-13,23-25H,14H2,1-2H3,(H,35,39)/t23-,24?,25?/m1/s1. The van der Waals surface area contributed by atoms with Gasteiger partial charge in [0.05, 0.1) is 47.0 Å². The molecule has 0 saturated carbocycles. The van der Waals surface area contributed by atoms with E-state index in [2.05, 4.69) is 5.32 Å². The molecule has 248 valence electrons. The van der Waals surface area contributed by atoms with Gasteiger partial charge < -0.3 is 14.8 Å². The summed E-state index contributed by atoms with van der Waals surface area (Å²) >= 11 is 1.65. The molecule has 1 fully saturated rings. The molecule has 3 atom stereocenters.